The Morgan fingerprint density at radius 2 is 1.88 bits per heavy atom. The maximum Gasteiger partial charge on any atom is 0.120 e. The maximum absolute atomic E-state index is 10.3. The lowest BCUT2D eigenvalue weighted by atomic mass is 10.0. The van der Waals surface area contributed by atoms with E-state index in [0.29, 0.717) is 6.42 Å². The summed E-state index contributed by atoms with van der Waals surface area (Å²) in [6.07, 6.45) is 3.50. The minimum absolute atomic E-state index is 0.640. The molecule has 0 radical (unpaired) electrons. The van der Waals surface area contributed by atoms with Gasteiger partial charge in [-0.15, -0.1) is 0 Å². The van der Waals surface area contributed by atoms with E-state index in [-0.39, 0.29) is 0 Å². The van der Waals surface area contributed by atoms with E-state index in [1.54, 1.807) is 7.11 Å². The number of carbonyl (C=O) groups excluding carboxylic acids is 1. The molecule has 17 heavy (non-hydrogen) atoms. The molecule has 0 aliphatic rings. The molecule has 2 nitrogen and oxygen atoms in total. The van der Waals surface area contributed by atoms with Gasteiger partial charge < -0.3 is 9.53 Å². The standard InChI is InChI=1S/C15H16O2/c1-17-15-8-7-13-10-12(4-2-3-9-16)5-6-14(13)11-15/h5-11H,2-4H2,1H3. The van der Waals surface area contributed by atoms with Gasteiger partial charge >= 0.3 is 0 Å². The van der Waals surface area contributed by atoms with E-state index in [9.17, 15) is 4.79 Å². The third-order valence-electron chi connectivity index (χ3n) is 2.90. The molecule has 0 aliphatic heterocycles. The van der Waals surface area contributed by atoms with Crippen molar-refractivity contribution in [3.8, 4) is 5.75 Å². The van der Waals surface area contributed by atoms with E-state index in [4.69, 9.17) is 4.74 Å². The first-order chi connectivity index (χ1) is 8.33. The predicted octanol–water partition coefficient (Wildman–Crippen LogP) is 3.37. The van der Waals surface area contributed by atoms with Gasteiger partial charge in [-0.1, -0.05) is 24.3 Å². The number of unbranched alkanes of at least 4 members (excludes halogenated alkanes) is 1. The maximum atomic E-state index is 10.3. The van der Waals surface area contributed by atoms with Crippen molar-refractivity contribution >= 4 is 17.1 Å². The van der Waals surface area contributed by atoms with E-state index in [1.807, 2.05) is 12.1 Å². The molecule has 2 aromatic carbocycles. The van der Waals surface area contributed by atoms with Crippen LogP contribution in [0.4, 0.5) is 0 Å². The van der Waals surface area contributed by atoms with E-state index >= 15 is 0 Å². The molecule has 2 heteroatoms. The molecule has 0 fully saturated rings. The molecule has 0 aliphatic carbocycles. The molecule has 88 valence electrons. The Morgan fingerprint density at radius 1 is 1.12 bits per heavy atom. The molecular formula is C15H16O2. The number of aryl methyl sites for hydroxylation is 1. The highest BCUT2D eigenvalue weighted by atomic mass is 16.5. The molecule has 0 bridgehead atoms. The summed E-state index contributed by atoms with van der Waals surface area (Å²) in [6.45, 7) is 0. The second kappa shape index (κ2) is 5.48. The van der Waals surface area contributed by atoms with Gasteiger partial charge in [0.2, 0.25) is 0 Å². The molecule has 2 rings (SSSR count). The van der Waals surface area contributed by atoms with Crippen LogP contribution in [0.2, 0.25) is 0 Å². The van der Waals surface area contributed by atoms with Crippen LogP contribution < -0.4 is 4.74 Å². The Morgan fingerprint density at radius 3 is 2.65 bits per heavy atom. The van der Waals surface area contributed by atoms with Crippen LogP contribution in [0.15, 0.2) is 36.4 Å². The molecule has 0 N–H and O–H groups in total. The van der Waals surface area contributed by atoms with Crippen molar-refractivity contribution in [3.05, 3.63) is 42.0 Å². The largest absolute Gasteiger partial charge is 0.497 e. The van der Waals surface area contributed by atoms with Crippen LogP contribution in [0.25, 0.3) is 10.8 Å². The third-order valence-corrected chi connectivity index (χ3v) is 2.90. The van der Waals surface area contributed by atoms with Crippen LogP contribution in [-0.4, -0.2) is 13.4 Å². The minimum Gasteiger partial charge on any atom is -0.497 e. The van der Waals surface area contributed by atoms with E-state index in [0.717, 1.165) is 24.9 Å². The van der Waals surface area contributed by atoms with Crippen molar-refractivity contribution in [3.63, 3.8) is 0 Å². The number of rotatable bonds is 5. The normalized spacial score (nSPS) is 10.4. The minimum atomic E-state index is 0.640. The van der Waals surface area contributed by atoms with Crippen LogP contribution in [0.3, 0.4) is 0 Å². The number of carbonyl (C=O) groups is 1. The number of fused-ring (bicyclic) bond motifs is 1. The van der Waals surface area contributed by atoms with E-state index < -0.39 is 0 Å². The average molecular weight is 228 g/mol. The second-order valence-electron chi connectivity index (χ2n) is 4.11. The molecule has 0 amide bonds. The smallest absolute Gasteiger partial charge is 0.120 e. The topological polar surface area (TPSA) is 26.3 Å². The van der Waals surface area contributed by atoms with Gasteiger partial charge in [0.15, 0.2) is 0 Å². The quantitative estimate of drug-likeness (QED) is 0.579. The van der Waals surface area contributed by atoms with Gasteiger partial charge in [-0.3, -0.25) is 0 Å². The lowest BCUT2D eigenvalue weighted by molar-refractivity contribution is -0.107. The first-order valence-electron chi connectivity index (χ1n) is 5.84. The number of hydrogen-bond donors (Lipinski definition) is 0. The van der Waals surface area contributed by atoms with Gasteiger partial charge in [-0.05, 0) is 41.3 Å². The lowest BCUT2D eigenvalue weighted by Crippen LogP contribution is -1.87. The summed E-state index contributed by atoms with van der Waals surface area (Å²) in [5.41, 5.74) is 1.28. The van der Waals surface area contributed by atoms with Crippen molar-refractivity contribution in [2.75, 3.05) is 7.11 Å². The monoisotopic (exact) mass is 228 g/mol. The summed E-state index contributed by atoms with van der Waals surface area (Å²) in [7, 11) is 1.68. The van der Waals surface area contributed by atoms with Gasteiger partial charge in [0.1, 0.15) is 12.0 Å². The molecular weight excluding hydrogens is 212 g/mol. The van der Waals surface area contributed by atoms with Crippen LogP contribution in [0, 0.1) is 0 Å². The Kier molecular flexibility index (Phi) is 3.76. The van der Waals surface area contributed by atoms with Crippen molar-refractivity contribution in [1.29, 1.82) is 0 Å². The zero-order valence-electron chi connectivity index (χ0n) is 9.98. The highest BCUT2D eigenvalue weighted by Gasteiger charge is 1.99. The lowest BCUT2D eigenvalue weighted by Gasteiger charge is -2.05. The number of methoxy groups -OCH3 is 1. The zero-order valence-corrected chi connectivity index (χ0v) is 9.98. The number of hydrogen-bond acceptors (Lipinski definition) is 2. The van der Waals surface area contributed by atoms with Gasteiger partial charge in [0.25, 0.3) is 0 Å². The molecule has 0 unspecified atom stereocenters. The Balaban J connectivity index is 2.22. The Hall–Kier alpha value is -1.83. The molecule has 0 heterocycles. The summed E-state index contributed by atoms with van der Waals surface area (Å²) in [4.78, 5) is 10.3. The fourth-order valence-electron chi connectivity index (χ4n) is 1.95. The predicted molar refractivity (Wildman–Crippen MR) is 69.5 cm³/mol. The molecule has 0 saturated heterocycles. The van der Waals surface area contributed by atoms with Crippen molar-refractivity contribution < 1.29 is 9.53 Å². The Labute approximate surface area is 101 Å². The molecule has 0 atom stereocenters. The second-order valence-corrected chi connectivity index (χ2v) is 4.11. The number of ether oxygens (including phenoxy) is 1. The van der Waals surface area contributed by atoms with Crippen molar-refractivity contribution in [1.82, 2.24) is 0 Å². The summed E-state index contributed by atoms with van der Waals surface area (Å²) in [5, 5.41) is 2.40. The first kappa shape index (κ1) is 11.6. The van der Waals surface area contributed by atoms with Crippen LogP contribution in [0.5, 0.6) is 5.75 Å². The summed E-state index contributed by atoms with van der Waals surface area (Å²) in [6, 6.07) is 12.5. The fourth-order valence-corrected chi connectivity index (χ4v) is 1.95. The van der Waals surface area contributed by atoms with E-state index in [1.165, 1.54) is 16.3 Å². The van der Waals surface area contributed by atoms with Crippen LogP contribution >= 0.6 is 0 Å². The average Bonchev–Trinajstić information content (AvgIpc) is 2.38. The highest BCUT2D eigenvalue weighted by molar-refractivity contribution is 5.84. The number of aldehydes is 1. The molecule has 2 aromatic rings. The van der Waals surface area contributed by atoms with Gasteiger partial charge in [-0.2, -0.15) is 0 Å². The highest BCUT2D eigenvalue weighted by Crippen LogP contribution is 2.22. The van der Waals surface area contributed by atoms with Gasteiger partial charge in [0.05, 0.1) is 7.11 Å². The van der Waals surface area contributed by atoms with Gasteiger partial charge in [0, 0.05) is 6.42 Å². The fraction of sp³-hybridized carbons (Fsp3) is 0.267. The van der Waals surface area contributed by atoms with E-state index in [2.05, 4.69) is 24.3 Å². The number of benzene rings is 2. The molecule has 0 spiro atoms. The SMILES string of the molecule is COc1ccc2cc(CCCC=O)ccc2c1. The third kappa shape index (κ3) is 2.84. The summed E-state index contributed by atoms with van der Waals surface area (Å²) < 4.78 is 5.19. The van der Waals surface area contributed by atoms with Gasteiger partial charge in [-0.25, -0.2) is 0 Å². The summed E-state index contributed by atoms with van der Waals surface area (Å²) >= 11 is 0. The van der Waals surface area contributed by atoms with Crippen molar-refractivity contribution in [2.45, 2.75) is 19.3 Å². The summed E-state index contributed by atoms with van der Waals surface area (Å²) in [5.74, 6) is 0.881. The zero-order chi connectivity index (χ0) is 12.1. The molecule has 0 aromatic heterocycles. The van der Waals surface area contributed by atoms with Crippen LogP contribution in [-0.2, 0) is 11.2 Å². The van der Waals surface area contributed by atoms with Crippen LogP contribution in [0.1, 0.15) is 18.4 Å². The van der Waals surface area contributed by atoms with Crippen molar-refractivity contribution in [2.24, 2.45) is 0 Å². The Bertz CT molecular complexity index is 517. The first-order valence-corrected chi connectivity index (χ1v) is 5.84. The molecule has 0 saturated carbocycles.